The molecule has 1 saturated heterocycles. The van der Waals surface area contributed by atoms with Gasteiger partial charge < -0.3 is 11.1 Å². The number of hydrogen-bond acceptors (Lipinski definition) is 3. The number of carbonyl (C=O) groups is 1. The highest BCUT2D eigenvalue weighted by atomic mass is 35.5. The first-order valence-corrected chi connectivity index (χ1v) is 6.88. The van der Waals surface area contributed by atoms with Gasteiger partial charge in [0.1, 0.15) is 0 Å². The summed E-state index contributed by atoms with van der Waals surface area (Å²) in [5.74, 6) is -0.0389. The fraction of sp³-hybridized carbons (Fsp3) is 0.500. The number of hydrogen-bond donors (Lipinski definition) is 2. The van der Waals surface area contributed by atoms with Gasteiger partial charge in [0.25, 0.3) is 0 Å². The number of anilines is 1. The van der Waals surface area contributed by atoms with Crippen molar-refractivity contribution in [2.45, 2.75) is 26.3 Å². The molecule has 1 aromatic rings. The van der Waals surface area contributed by atoms with E-state index in [1.807, 2.05) is 26.0 Å². The molecule has 3 N–H and O–H groups in total. The van der Waals surface area contributed by atoms with Crippen molar-refractivity contribution in [3.8, 4) is 0 Å². The second-order valence-electron chi connectivity index (χ2n) is 5.27. The predicted molar refractivity (Wildman–Crippen MR) is 78.6 cm³/mol. The molecule has 5 heteroatoms. The maximum Gasteiger partial charge on any atom is 0.238 e. The second-order valence-corrected chi connectivity index (χ2v) is 5.68. The van der Waals surface area contributed by atoms with Gasteiger partial charge in [0.15, 0.2) is 0 Å². The van der Waals surface area contributed by atoms with Crippen LogP contribution in [0.4, 0.5) is 5.69 Å². The lowest BCUT2D eigenvalue weighted by molar-refractivity contribution is -0.117. The highest BCUT2D eigenvalue weighted by Gasteiger charge is 2.21. The Bertz CT molecular complexity index is 467. The molecule has 1 aromatic carbocycles. The molecule has 0 aromatic heterocycles. The first kappa shape index (κ1) is 14.3. The van der Waals surface area contributed by atoms with Crippen LogP contribution in [0.15, 0.2) is 12.1 Å². The van der Waals surface area contributed by atoms with Gasteiger partial charge in [-0.3, -0.25) is 9.69 Å². The lowest BCUT2D eigenvalue weighted by Gasteiger charge is -2.16. The first-order valence-electron chi connectivity index (χ1n) is 6.50. The SMILES string of the molecule is Cc1cc(C)c(NC(=O)CN2CCC(N)C2)c(Cl)c1. The van der Waals surface area contributed by atoms with Gasteiger partial charge in [-0.15, -0.1) is 0 Å². The molecule has 104 valence electrons. The van der Waals surface area contributed by atoms with E-state index in [0.717, 1.165) is 30.6 Å². The predicted octanol–water partition coefficient (Wildman–Crippen LogP) is 1.93. The Hall–Kier alpha value is -1.10. The van der Waals surface area contributed by atoms with Gasteiger partial charge in [-0.05, 0) is 37.5 Å². The molecule has 0 spiro atoms. The van der Waals surface area contributed by atoms with Gasteiger partial charge in [-0.1, -0.05) is 17.7 Å². The van der Waals surface area contributed by atoms with Gasteiger partial charge in [-0.25, -0.2) is 0 Å². The second kappa shape index (κ2) is 5.90. The molecule has 2 rings (SSSR count). The Morgan fingerprint density at radius 3 is 2.84 bits per heavy atom. The van der Waals surface area contributed by atoms with E-state index >= 15 is 0 Å². The summed E-state index contributed by atoms with van der Waals surface area (Å²) in [4.78, 5) is 14.1. The molecule has 1 atom stereocenters. The fourth-order valence-corrected chi connectivity index (χ4v) is 2.83. The highest BCUT2D eigenvalue weighted by molar-refractivity contribution is 6.34. The Balaban J connectivity index is 1.99. The van der Waals surface area contributed by atoms with Crippen LogP contribution in [0.3, 0.4) is 0 Å². The minimum atomic E-state index is -0.0389. The van der Waals surface area contributed by atoms with E-state index in [2.05, 4.69) is 10.2 Å². The van der Waals surface area contributed by atoms with Crippen molar-refractivity contribution in [3.63, 3.8) is 0 Å². The van der Waals surface area contributed by atoms with Crippen LogP contribution in [0, 0.1) is 13.8 Å². The molecule has 1 fully saturated rings. The van der Waals surface area contributed by atoms with E-state index in [9.17, 15) is 4.79 Å². The van der Waals surface area contributed by atoms with E-state index in [1.54, 1.807) is 0 Å². The zero-order valence-electron chi connectivity index (χ0n) is 11.4. The first-order chi connectivity index (χ1) is 8.95. The maximum atomic E-state index is 12.0. The molecular weight excluding hydrogens is 262 g/mol. The average Bonchev–Trinajstić information content (AvgIpc) is 2.69. The van der Waals surface area contributed by atoms with Crippen LogP contribution in [0.25, 0.3) is 0 Å². The smallest absolute Gasteiger partial charge is 0.238 e. The number of likely N-dealkylation sites (tertiary alicyclic amines) is 1. The van der Waals surface area contributed by atoms with Crippen LogP contribution >= 0.6 is 11.6 Å². The number of benzene rings is 1. The third-order valence-corrected chi connectivity index (χ3v) is 3.67. The standard InChI is InChI=1S/C14H20ClN3O/c1-9-5-10(2)14(12(15)6-9)17-13(19)8-18-4-3-11(16)7-18/h5-6,11H,3-4,7-8,16H2,1-2H3,(H,17,19). The van der Waals surface area contributed by atoms with Crippen molar-refractivity contribution < 1.29 is 4.79 Å². The molecule has 1 aliphatic heterocycles. The zero-order chi connectivity index (χ0) is 14.0. The zero-order valence-corrected chi connectivity index (χ0v) is 12.1. The van der Waals surface area contributed by atoms with Crippen molar-refractivity contribution in [1.29, 1.82) is 0 Å². The van der Waals surface area contributed by atoms with E-state index in [-0.39, 0.29) is 11.9 Å². The van der Waals surface area contributed by atoms with Crippen LogP contribution in [-0.4, -0.2) is 36.5 Å². The molecule has 0 aliphatic carbocycles. The Labute approximate surface area is 118 Å². The van der Waals surface area contributed by atoms with Crippen LogP contribution in [-0.2, 0) is 4.79 Å². The number of amides is 1. The molecule has 1 amide bonds. The quantitative estimate of drug-likeness (QED) is 0.890. The number of nitrogens with zero attached hydrogens (tertiary/aromatic N) is 1. The minimum absolute atomic E-state index is 0.0389. The lowest BCUT2D eigenvalue weighted by Crippen LogP contribution is -2.33. The Morgan fingerprint density at radius 2 is 2.26 bits per heavy atom. The number of carbonyl (C=O) groups excluding carboxylic acids is 1. The summed E-state index contributed by atoms with van der Waals surface area (Å²) in [7, 11) is 0. The van der Waals surface area contributed by atoms with Crippen molar-refractivity contribution in [1.82, 2.24) is 4.90 Å². The minimum Gasteiger partial charge on any atom is -0.326 e. The summed E-state index contributed by atoms with van der Waals surface area (Å²) in [5.41, 5.74) is 8.60. The summed E-state index contributed by atoms with van der Waals surface area (Å²) in [5, 5.41) is 3.48. The third kappa shape index (κ3) is 3.69. The van der Waals surface area contributed by atoms with Crippen molar-refractivity contribution >= 4 is 23.2 Å². The van der Waals surface area contributed by atoms with Gasteiger partial charge in [0, 0.05) is 19.1 Å². The molecule has 0 bridgehead atoms. The van der Waals surface area contributed by atoms with Gasteiger partial charge >= 0.3 is 0 Å². The van der Waals surface area contributed by atoms with Gasteiger partial charge in [0.05, 0.1) is 17.3 Å². The van der Waals surface area contributed by atoms with E-state index in [4.69, 9.17) is 17.3 Å². The summed E-state index contributed by atoms with van der Waals surface area (Å²) >= 11 is 6.17. The highest BCUT2D eigenvalue weighted by Crippen LogP contribution is 2.27. The molecule has 4 nitrogen and oxygen atoms in total. The molecule has 1 unspecified atom stereocenters. The summed E-state index contributed by atoms with van der Waals surface area (Å²) in [6.45, 7) is 5.97. The topological polar surface area (TPSA) is 58.4 Å². The number of nitrogens with one attached hydrogen (secondary N) is 1. The maximum absolute atomic E-state index is 12.0. The number of halogens is 1. The monoisotopic (exact) mass is 281 g/mol. The molecular formula is C14H20ClN3O. The van der Waals surface area contributed by atoms with Crippen molar-refractivity contribution in [2.75, 3.05) is 25.0 Å². The fourth-order valence-electron chi connectivity index (χ4n) is 2.46. The summed E-state index contributed by atoms with van der Waals surface area (Å²) in [6.07, 6.45) is 0.956. The van der Waals surface area contributed by atoms with E-state index in [1.165, 1.54) is 0 Å². The third-order valence-electron chi connectivity index (χ3n) is 3.37. The molecule has 0 radical (unpaired) electrons. The molecule has 1 aliphatic rings. The van der Waals surface area contributed by atoms with Crippen molar-refractivity contribution in [2.24, 2.45) is 5.73 Å². The molecule has 1 heterocycles. The van der Waals surface area contributed by atoms with Gasteiger partial charge in [-0.2, -0.15) is 0 Å². The lowest BCUT2D eigenvalue weighted by atomic mass is 10.1. The largest absolute Gasteiger partial charge is 0.326 e. The van der Waals surface area contributed by atoms with E-state index < -0.39 is 0 Å². The summed E-state index contributed by atoms with van der Waals surface area (Å²) < 4.78 is 0. The number of aryl methyl sites for hydroxylation is 2. The summed E-state index contributed by atoms with van der Waals surface area (Å²) in [6, 6.07) is 4.06. The van der Waals surface area contributed by atoms with Crippen LogP contribution in [0.5, 0.6) is 0 Å². The van der Waals surface area contributed by atoms with Crippen LogP contribution in [0.2, 0.25) is 5.02 Å². The van der Waals surface area contributed by atoms with Crippen molar-refractivity contribution in [3.05, 3.63) is 28.3 Å². The Kier molecular flexibility index (Phi) is 4.45. The normalized spacial score (nSPS) is 19.7. The van der Waals surface area contributed by atoms with Crippen LogP contribution < -0.4 is 11.1 Å². The molecule has 19 heavy (non-hydrogen) atoms. The average molecular weight is 282 g/mol. The number of nitrogens with two attached hydrogens (primary N) is 1. The van der Waals surface area contributed by atoms with E-state index in [0.29, 0.717) is 17.3 Å². The van der Waals surface area contributed by atoms with Gasteiger partial charge in [0.2, 0.25) is 5.91 Å². The molecule has 0 saturated carbocycles. The Morgan fingerprint density at radius 1 is 1.53 bits per heavy atom. The van der Waals surface area contributed by atoms with Crippen LogP contribution in [0.1, 0.15) is 17.5 Å². The number of rotatable bonds is 3.